The third-order valence-electron chi connectivity index (χ3n) is 4.85. The standard InChI is InChI=1S/C26H16BrCl2N3O5/c27-17-5-10-22(37-26(35)23-2-1-11-36-23)16(12-17)14-30-32-24(33)15-3-7-19(8-4-15)31-25(34)20-9-6-18(28)13-21(20)29/h1-14H,(H,31,34)(H,32,33)/b30-14-. The van der Waals surface area contributed by atoms with Crippen LogP contribution in [0.4, 0.5) is 5.69 Å². The van der Waals surface area contributed by atoms with Crippen LogP contribution in [0.5, 0.6) is 5.75 Å². The van der Waals surface area contributed by atoms with Gasteiger partial charge >= 0.3 is 5.97 Å². The number of esters is 1. The fraction of sp³-hybridized carbons (Fsp3) is 0. The molecule has 1 aromatic heterocycles. The van der Waals surface area contributed by atoms with Gasteiger partial charge in [-0.2, -0.15) is 5.10 Å². The molecule has 0 fully saturated rings. The third-order valence-corrected chi connectivity index (χ3v) is 5.89. The van der Waals surface area contributed by atoms with E-state index in [2.05, 4.69) is 31.8 Å². The van der Waals surface area contributed by atoms with Crippen LogP contribution in [0.2, 0.25) is 10.0 Å². The van der Waals surface area contributed by atoms with E-state index in [0.717, 1.165) is 4.47 Å². The van der Waals surface area contributed by atoms with E-state index in [9.17, 15) is 14.4 Å². The number of hydrazone groups is 1. The van der Waals surface area contributed by atoms with Crippen LogP contribution in [0.3, 0.4) is 0 Å². The predicted molar refractivity (Wildman–Crippen MR) is 144 cm³/mol. The fourth-order valence-electron chi connectivity index (χ4n) is 3.06. The smallest absolute Gasteiger partial charge is 0.379 e. The van der Waals surface area contributed by atoms with Crippen LogP contribution in [-0.4, -0.2) is 24.0 Å². The molecule has 0 atom stereocenters. The van der Waals surface area contributed by atoms with Crippen LogP contribution in [0.1, 0.15) is 36.8 Å². The first-order valence-corrected chi connectivity index (χ1v) is 12.1. The third kappa shape index (κ3) is 6.85. The van der Waals surface area contributed by atoms with Gasteiger partial charge in [-0.05, 0) is 72.8 Å². The summed E-state index contributed by atoms with van der Waals surface area (Å²) >= 11 is 15.3. The molecule has 0 spiro atoms. The van der Waals surface area contributed by atoms with Crippen molar-refractivity contribution in [1.82, 2.24) is 5.43 Å². The van der Waals surface area contributed by atoms with Crippen molar-refractivity contribution in [2.75, 3.05) is 5.32 Å². The lowest BCUT2D eigenvalue weighted by Gasteiger charge is -2.08. The van der Waals surface area contributed by atoms with Crippen molar-refractivity contribution in [3.63, 3.8) is 0 Å². The van der Waals surface area contributed by atoms with Gasteiger partial charge in [-0.3, -0.25) is 9.59 Å². The second-order valence-corrected chi connectivity index (χ2v) is 9.16. The zero-order valence-electron chi connectivity index (χ0n) is 18.7. The van der Waals surface area contributed by atoms with Gasteiger partial charge in [-0.15, -0.1) is 0 Å². The van der Waals surface area contributed by atoms with Gasteiger partial charge in [0.25, 0.3) is 11.8 Å². The molecule has 0 aliphatic heterocycles. The Morgan fingerprint density at radius 3 is 2.43 bits per heavy atom. The molecular formula is C26H16BrCl2N3O5. The Morgan fingerprint density at radius 2 is 1.73 bits per heavy atom. The number of rotatable bonds is 7. The molecule has 0 saturated heterocycles. The Labute approximate surface area is 229 Å². The molecule has 4 aromatic rings. The summed E-state index contributed by atoms with van der Waals surface area (Å²) in [7, 11) is 0. The molecule has 11 heteroatoms. The number of nitrogens with zero attached hydrogens (tertiary/aromatic N) is 1. The van der Waals surface area contributed by atoms with Crippen molar-refractivity contribution in [1.29, 1.82) is 0 Å². The van der Waals surface area contributed by atoms with Crippen LogP contribution in [0.15, 0.2) is 93.1 Å². The molecule has 37 heavy (non-hydrogen) atoms. The normalized spacial score (nSPS) is 10.8. The van der Waals surface area contributed by atoms with Crippen molar-refractivity contribution in [2.45, 2.75) is 0 Å². The highest BCUT2D eigenvalue weighted by Gasteiger charge is 2.14. The van der Waals surface area contributed by atoms with Gasteiger partial charge in [-0.25, -0.2) is 10.2 Å². The maximum Gasteiger partial charge on any atom is 0.379 e. The molecule has 4 rings (SSSR count). The van der Waals surface area contributed by atoms with E-state index in [1.807, 2.05) is 0 Å². The molecule has 2 N–H and O–H groups in total. The van der Waals surface area contributed by atoms with Gasteiger partial charge in [0.1, 0.15) is 5.75 Å². The highest BCUT2D eigenvalue weighted by molar-refractivity contribution is 9.10. The zero-order chi connectivity index (χ0) is 26.4. The van der Waals surface area contributed by atoms with Gasteiger partial charge in [0.2, 0.25) is 5.76 Å². The monoisotopic (exact) mass is 599 g/mol. The van der Waals surface area contributed by atoms with Crippen molar-refractivity contribution >= 4 is 68.8 Å². The Bertz CT molecular complexity index is 1490. The number of anilines is 1. The molecule has 0 aliphatic rings. The summed E-state index contributed by atoms with van der Waals surface area (Å²) in [5.74, 6) is -1.30. The lowest BCUT2D eigenvalue weighted by atomic mass is 10.1. The van der Waals surface area contributed by atoms with E-state index < -0.39 is 17.8 Å². The maximum atomic E-state index is 12.5. The molecular weight excluding hydrogens is 585 g/mol. The Kier molecular flexibility index (Phi) is 8.39. The Balaban J connectivity index is 1.38. The number of halogens is 3. The first-order valence-electron chi connectivity index (χ1n) is 10.6. The topological polar surface area (TPSA) is 110 Å². The van der Waals surface area contributed by atoms with Gasteiger partial charge in [-0.1, -0.05) is 39.1 Å². The molecule has 8 nitrogen and oxygen atoms in total. The second-order valence-electron chi connectivity index (χ2n) is 7.40. The molecule has 186 valence electrons. The summed E-state index contributed by atoms with van der Waals surface area (Å²) in [5.41, 5.74) is 3.89. The van der Waals surface area contributed by atoms with E-state index in [1.54, 1.807) is 42.5 Å². The predicted octanol–water partition coefficient (Wildman–Crippen LogP) is 6.58. The number of carbonyl (C=O) groups excluding carboxylic acids is 3. The van der Waals surface area contributed by atoms with E-state index in [-0.39, 0.29) is 22.1 Å². The maximum absolute atomic E-state index is 12.5. The zero-order valence-corrected chi connectivity index (χ0v) is 21.8. The lowest BCUT2D eigenvalue weighted by molar-refractivity contribution is 0.0700. The average molecular weight is 601 g/mol. The SMILES string of the molecule is O=C(N/N=C\c1cc(Br)ccc1OC(=O)c1ccco1)c1ccc(NC(=O)c2ccc(Cl)cc2Cl)cc1. The molecule has 0 aliphatic carbocycles. The number of nitrogens with one attached hydrogen (secondary N) is 2. The number of carbonyl (C=O) groups is 3. The number of amides is 2. The molecule has 1 heterocycles. The molecule has 0 saturated carbocycles. The molecule has 0 radical (unpaired) electrons. The van der Waals surface area contributed by atoms with Crippen LogP contribution in [0, 0.1) is 0 Å². The first-order chi connectivity index (χ1) is 17.8. The molecule has 3 aromatic carbocycles. The summed E-state index contributed by atoms with van der Waals surface area (Å²) in [6, 6.07) is 18.8. The van der Waals surface area contributed by atoms with Crippen molar-refractivity contribution in [3.8, 4) is 5.75 Å². The molecule has 0 unspecified atom stereocenters. The molecule has 0 bridgehead atoms. The Morgan fingerprint density at radius 1 is 0.946 bits per heavy atom. The van der Waals surface area contributed by atoms with Crippen LogP contribution in [0.25, 0.3) is 0 Å². The number of furan rings is 1. The minimum Gasteiger partial charge on any atom is -0.457 e. The summed E-state index contributed by atoms with van der Waals surface area (Å²) in [5, 5.41) is 7.31. The van der Waals surface area contributed by atoms with Crippen LogP contribution < -0.4 is 15.5 Å². The average Bonchev–Trinajstić information content (AvgIpc) is 3.41. The summed E-state index contributed by atoms with van der Waals surface area (Å²) in [4.78, 5) is 37.2. The van der Waals surface area contributed by atoms with E-state index in [4.69, 9.17) is 32.4 Å². The van der Waals surface area contributed by atoms with Crippen molar-refractivity contribution in [2.24, 2.45) is 5.10 Å². The number of hydrogen-bond acceptors (Lipinski definition) is 6. The first kappa shape index (κ1) is 26.2. The van der Waals surface area contributed by atoms with E-state index >= 15 is 0 Å². The summed E-state index contributed by atoms with van der Waals surface area (Å²) in [6.07, 6.45) is 2.71. The Hall–Kier alpha value is -3.92. The van der Waals surface area contributed by atoms with Gasteiger partial charge in [0, 0.05) is 26.3 Å². The highest BCUT2D eigenvalue weighted by atomic mass is 79.9. The molecule has 2 amide bonds. The fourth-order valence-corrected chi connectivity index (χ4v) is 3.93. The highest BCUT2D eigenvalue weighted by Crippen LogP contribution is 2.24. The second kappa shape index (κ2) is 11.9. The van der Waals surface area contributed by atoms with Crippen LogP contribution >= 0.6 is 39.1 Å². The minimum absolute atomic E-state index is 0.0509. The van der Waals surface area contributed by atoms with E-state index in [0.29, 0.717) is 21.8 Å². The summed E-state index contributed by atoms with van der Waals surface area (Å²) < 4.78 is 11.1. The minimum atomic E-state index is -0.670. The van der Waals surface area contributed by atoms with Crippen LogP contribution in [-0.2, 0) is 0 Å². The van der Waals surface area contributed by atoms with Gasteiger partial charge in [0.15, 0.2) is 0 Å². The number of benzene rings is 3. The van der Waals surface area contributed by atoms with Gasteiger partial charge < -0.3 is 14.5 Å². The number of hydrogen-bond donors (Lipinski definition) is 2. The number of ether oxygens (including phenoxy) is 1. The quantitative estimate of drug-likeness (QED) is 0.108. The largest absolute Gasteiger partial charge is 0.457 e. The lowest BCUT2D eigenvalue weighted by Crippen LogP contribution is -2.18. The van der Waals surface area contributed by atoms with Crippen molar-refractivity contribution < 1.29 is 23.5 Å². The van der Waals surface area contributed by atoms with Gasteiger partial charge in [0.05, 0.1) is 23.1 Å². The summed E-state index contributed by atoms with van der Waals surface area (Å²) in [6.45, 7) is 0. The van der Waals surface area contributed by atoms with E-state index in [1.165, 1.54) is 42.8 Å². The van der Waals surface area contributed by atoms with Crippen molar-refractivity contribution in [3.05, 3.63) is 116 Å².